The summed E-state index contributed by atoms with van der Waals surface area (Å²) in [4.78, 5) is 0. The Bertz CT molecular complexity index is 131. The van der Waals surface area contributed by atoms with Crippen molar-refractivity contribution in [3.63, 3.8) is 0 Å². The van der Waals surface area contributed by atoms with E-state index < -0.39 is 0 Å². The molecule has 10 heavy (non-hydrogen) atoms. The lowest BCUT2D eigenvalue weighted by Crippen LogP contribution is -2.13. The van der Waals surface area contributed by atoms with Gasteiger partial charge in [0.2, 0.25) is 0 Å². The first-order valence-electron chi connectivity index (χ1n) is 3.79. The first kappa shape index (κ1) is 8.15. The highest BCUT2D eigenvalue weighted by molar-refractivity contribution is 7.80. The van der Waals surface area contributed by atoms with Gasteiger partial charge in [-0.05, 0) is 19.3 Å². The van der Waals surface area contributed by atoms with E-state index in [1.165, 1.54) is 18.4 Å². The van der Waals surface area contributed by atoms with Crippen LogP contribution in [0.2, 0.25) is 0 Å². The summed E-state index contributed by atoms with van der Waals surface area (Å²) < 4.78 is 0. The van der Waals surface area contributed by atoms with E-state index in [9.17, 15) is 0 Å². The zero-order chi connectivity index (χ0) is 7.40. The first-order valence-corrected chi connectivity index (χ1v) is 4.42. The van der Waals surface area contributed by atoms with Crippen LogP contribution in [-0.4, -0.2) is 17.5 Å². The minimum atomic E-state index is 0.298. The fourth-order valence-electron chi connectivity index (χ4n) is 1.41. The Morgan fingerprint density at radius 1 is 1.70 bits per heavy atom. The molecule has 1 aliphatic carbocycles. The summed E-state index contributed by atoms with van der Waals surface area (Å²) in [7, 11) is 0. The molecule has 0 radical (unpaired) electrons. The van der Waals surface area contributed by atoms with Gasteiger partial charge in [-0.15, -0.1) is 0 Å². The van der Waals surface area contributed by atoms with Crippen LogP contribution in [0.25, 0.3) is 0 Å². The van der Waals surface area contributed by atoms with Crippen LogP contribution in [0.1, 0.15) is 19.3 Å². The molecular formula is C8H14OS. The Balaban J connectivity index is 2.53. The Morgan fingerprint density at radius 3 is 3.00 bits per heavy atom. The summed E-state index contributed by atoms with van der Waals surface area (Å²) in [6.07, 6.45) is 5.76. The standard InChI is InChI=1S/C8H14OS/c9-5-7-3-1-2-4-8(7)6-10/h4,7,9-10H,1-3,5-6H2/t7-/m1/s1. The van der Waals surface area contributed by atoms with E-state index in [4.69, 9.17) is 5.11 Å². The van der Waals surface area contributed by atoms with Gasteiger partial charge < -0.3 is 5.11 Å². The number of hydrogen-bond acceptors (Lipinski definition) is 2. The molecule has 2 heteroatoms. The summed E-state index contributed by atoms with van der Waals surface area (Å²) in [5.41, 5.74) is 1.33. The Morgan fingerprint density at radius 2 is 2.50 bits per heavy atom. The maximum atomic E-state index is 8.92. The minimum Gasteiger partial charge on any atom is -0.396 e. The highest BCUT2D eigenvalue weighted by atomic mass is 32.1. The van der Waals surface area contributed by atoms with Crippen molar-refractivity contribution in [3.8, 4) is 0 Å². The zero-order valence-electron chi connectivity index (χ0n) is 6.08. The Hall–Kier alpha value is 0.0500. The van der Waals surface area contributed by atoms with Crippen molar-refractivity contribution in [1.29, 1.82) is 0 Å². The second-order valence-corrected chi connectivity index (χ2v) is 3.06. The monoisotopic (exact) mass is 158 g/mol. The Kier molecular flexibility index (Phi) is 3.29. The summed E-state index contributed by atoms with van der Waals surface area (Å²) in [5.74, 6) is 1.22. The fraction of sp³-hybridized carbons (Fsp3) is 0.750. The summed E-state index contributed by atoms with van der Waals surface area (Å²) >= 11 is 4.20. The van der Waals surface area contributed by atoms with E-state index in [1.54, 1.807) is 0 Å². The van der Waals surface area contributed by atoms with Crippen molar-refractivity contribution in [1.82, 2.24) is 0 Å². The molecule has 1 nitrogen and oxygen atoms in total. The topological polar surface area (TPSA) is 20.2 Å². The van der Waals surface area contributed by atoms with E-state index in [-0.39, 0.29) is 0 Å². The average molecular weight is 158 g/mol. The van der Waals surface area contributed by atoms with E-state index in [2.05, 4.69) is 18.7 Å². The van der Waals surface area contributed by atoms with Gasteiger partial charge >= 0.3 is 0 Å². The van der Waals surface area contributed by atoms with E-state index in [0.29, 0.717) is 12.5 Å². The predicted octanol–water partition coefficient (Wildman–Crippen LogP) is 1.64. The highest BCUT2D eigenvalue weighted by Gasteiger charge is 2.14. The van der Waals surface area contributed by atoms with Crippen LogP contribution in [0.5, 0.6) is 0 Å². The number of hydrogen-bond donors (Lipinski definition) is 2. The van der Waals surface area contributed by atoms with Crippen LogP contribution < -0.4 is 0 Å². The number of thiol groups is 1. The molecule has 0 saturated carbocycles. The van der Waals surface area contributed by atoms with Crippen molar-refractivity contribution >= 4 is 12.6 Å². The van der Waals surface area contributed by atoms with E-state index in [0.717, 1.165) is 12.2 Å². The maximum Gasteiger partial charge on any atom is 0.0496 e. The molecule has 1 rings (SSSR count). The van der Waals surface area contributed by atoms with Crippen molar-refractivity contribution in [2.75, 3.05) is 12.4 Å². The quantitative estimate of drug-likeness (QED) is 0.462. The van der Waals surface area contributed by atoms with Gasteiger partial charge in [0.05, 0.1) is 0 Å². The normalized spacial score (nSPS) is 26.2. The molecule has 1 aliphatic rings. The van der Waals surface area contributed by atoms with Gasteiger partial charge in [-0.25, -0.2) is 0 Å². The van der Waals surface area contributed by atoms with Gasteiger partial charge in [0, 0.05) is 18.3 Å². The zero-order valence-corrected chi connectivity index (χ0v) is 6.98. The van der Waals surface area contributed by atoms with Gasteiger partial charge in [0.25, 0.3) is 0 Å². The Labute approximate surface area is 67.5 Å². The van der Waals surface area contributed by atoms with E-state index >= 15 is 0 Å². The number of aliphatic hydroxyl groups excluding tert-OH is 1. The number of rotatable bonds is 2. The molecule has 0 spiro atoms. The molecule has 0 fully saturated rings. The van der Waals surface area contributed by atoms with Gasteiger partial charge in [-0.3, -0.25) is 0 Å². The highest BCUT2D eigenvalue weighted by Crippen LogP contribution is 2.24. The molecule has 0 amide bonds. The van der Waals surface area contributed by atoms with Crippen LogP contribution in [-0.2, 0) is 0 Å². The molecule has 1 atom stereocenters. The molecule has 1 N–H and O–H groups in total. The molecule has 0 heterocycles. The number of aliphatic hydroxyl groups is 1. The molecule has 0 aromatic rings. The van der Waals surface area contributed by atoms with Gasteiger partial charge in [-0.2, -0.15) is 12.6 Å². The SMILES string of the molecule is OC[C@H]1CCCC=C1CS. The third-order valence-corrected chi connectivity index (χ3v) is 2.46. The van der Waals surface area contributed by atoms with Crippen molar-refractivity contribution < 1.29 is 5.11 Å². The van der Waals surface area contributed by atoms with Crippen molar-refractivity contribution in [3.05, 3.63) is 11.6 Å². The second-order valence-electron chi connectivity index (χ2n) is 2.75. The van der Waals surface area contributed by atoms with Crippen LogP contribution >= 0.6 is 12.6 Å². The van der Waals surface area contributed by atoms with Crippen LogP contribution in [0.3, 0.4) is 0 Å². The fourth-order valence-corrected chi connectivity index (χ4v) is 1.79. The molecule has 0 saturated heterocycles. The van der Waals surface area contributed by atoms with Crippen molar-refractivity contribution in [2.45, 2.75) is 19.3 Å². The summed E-state index contributed by atoms with van der Waals surface area (Å²) in [6.45, 7) is 0.298. The number of allylic oxidation sites excluding steroid dienone is 1. The van der Waals surface area contributed by atoms with Crippen LogP contribution in [0.15, 0.2) is 11.6 Å². The van der Waals surface area contributed by atoms with Crippen molar-refractivity contribution in [2.24, 2.45) is 5.92 Å². The van der Waals surface area contributed by atoms with Gasteiger partial charge in [0.1, 0.15) is 0 Å². The smallest absolute Gasteiger partial charge is 0.0496 e. The molecule has 0 aromatic carbocycles. The minimum absolute atomic E-state index is 0.298. The molecule has 58 valence electrons. The third-order valence-electron chi connectivity index (χ3n) is 2.09. The third kappa shape index (κ3) is 1.77. The van der Waals surface area contributed by atoms with Crippen LogP contribution in [0, 0.1) is 5.92 Å². The lowest BCUT2D eigenvalue weighted by atomic mass is 9.89. The molecule has 0 aromatic heterocycles. The molecule has 0 bridgehead atoms. The lowest BCUT2D eigenvalue weighted by molar-refractivity contribution is 0.234. The second kappa shape index (κ2) is 4.04. The summed E-state index contributed by atoms with van der Waals surface area (Å²) in [5, 5.41) is 8.92. The largest absolute Gasteiger partial charge is 0.396 e. The summed E-state index contributed by atoms with van der Waals surface area (Å²) in [6, 6.07) is 0. The molecule has 0 aliphatic heterocycles. The molecular weight excluding hydrogens is 144 g/mol. The maximum absolute atomic E-state index is 8.92. The van der Waals surface area contributed by atoms with Gasteiger partial charge in [-0.1, -0.05) is 11.6 Å². The van der Waals surface area contributed by atoms with Crippen LogP contribution in [0.4, 0.5) is 0 Å². The van der Waals surface area contributed by atoms with E-state index in [1.807, 2.05) is 0 Å². The molecule has 0 unspecified atom stereocenters. The first-order chi connectivity index (χ1) is 4.88. The predicted molar refractivity (Wildman–Crippen MR) is 46.4 cm³/mol. The average Bonchev–Trinajstić information content (AvgIpc) is 2.04. The lowest BCUT2D eigenvalue weighted by Gasteiger charge is -2.20. The van der Waals surface area contributed by atoms with Gasteiger partial charge in [0.15, 0.2) is 0 Å².